The summed E-state index contributed by atoms with van der Waals surface area (Å²) in [4.78, 5) is 0. The monoisotopic (exact) mass is 183 g/mol. The maximum Gasteiger partial charge on any atom is 0.324 e. The van der Waals surface area contributed by atoms with Gasteiger partial charge in [-0.3, -0.25) is 0 Å². The van der Waals surface area contributed by atoms with Gasteiger partial charge in [0.15, 0.2) is 0 Å². The Morgan fingerprint density at radius 3 is 2.92 bits per heavy atom. The van der Waals surface area contributed by atoms with E-state index < -0.39 is 0 Å². The van der Waals surface area contributed by atoms with Crippen LogP contribution < -0.4 is 0 Å². The smallest absolute Gasteiger partial charge is 0.324 e. The molecule has 1 saturated carbocycles. The van der Waals surface area contributed by atoms with Gasteiger partial charge in [-0.15, -0.1) is 0 Å². The number of hydrogen-bond acceptors (Lipinski definition) is 2. The van der Waals surface area contributed by atoms with Crippen LogP contribution in [0.2, 0.25) is 0 Å². The molecule has 0 bridgehead atoms. The van der Waals surface area contributed by atoms with E-state index in [1.807, 2.05) is 0 Å². The van der Waals surface area contributed by atoms with Gasteiger partial charge < -0.3 is 8.62 Å². The second-order valence-electron chi connectivity index (χ2n) is 4.27. The zero-order valence-corrected chi connectivity index (χ0v) is 9.96. The molecule has 2 unspecified atom stereocenters. The zero-order valence-electron chi connectivity index (χ0n) is 7.96. The van der Waals surface area contributed by atoms with Crippen LogP contribution in [0.15, 0.2) is 0 Å². The highest BCUT2D eigenvalue weighted by molar-refractivity contribution is 6.04. The summed E-state index contributed by atoms with van der Waals surface area (Å²) >= 11 is 1.17. The summed E-state index contributed by atoms with van der Waals surface area (Å²) in [6.45, 7) is 2.23. The lowest BCUT2D eigenvalue weighted by Gasteiger charge is -2.36. The van der Waals surface area contributed by atoms with E-state index in [1.165, 1.54) is 55.2 Å². The highest BCUT2D eigenvalue weighted by Crippen LogP contribution is 2.28. The summed E-state index contributed by atoms with van der Waals surface area (Å²) in [7, 11) is 0. The van der Waals surface area contributed by atoms with Gasteiger partial charge in [0.2, 0.25) is 0 Å². The van der Waals surface area contributed by atoms with Crippen LogP contribution in [0.4, 0.5) is 0 Å². The summed E-state index contributed by atoms with van der Waals surface area (Å²) in [6.07, 6.45) is 7.58. The summed E-state index contributed by atoms with van der Waals surface area (Å²) < 4.78 is 8.27. The zero-order chi connectivity index (χ0) is 8.39. The van der Waals surface area contributed by atoms with Crippen molar-refractivity contribution in [2.45, 2.75) is 38.2 Å². The minimum Gasteiger partial charge on any atom is -0.369 e. The molecule has 0 aromatic heterocycles. The highest BCUT2D eigenvalue weighted by atomic mass is 27.1. The minimum atomic E-state index is 0.609. The first-order valence-corrected chi connectivity index (χ1v) is 6.06. The summed E-state index contributed by atoms with van der Waals surface area (Å²) in [5.41, 5.74) is 0. The number of ether oxygens (including phenoxy) is 1. The summed E-state index contributed by atoms with van der Waals surface area (Å²) in [5, 5.41) is 0. The third kappa shape index (κ3) is 2.03. The molecule has 2 atom stereocenters. The van der Waals surface area contributed by atoms with Gasteiger partial charge in [-0.2, -0.15) is 0 Å². The Bertz CT molecular complexity index is 153. The van der Waals surface area contributed by atoms with Crippen LogP contribution in [0.3, 0.4) is 0 Å². The molecule has 0 amide bonds. The van der Waals surface area contributed by atoms with Gasteiger partial charge >= 0.3 is 16.5 Å². The quantitative estimate of drug-likeness (QED) is 0.514. The highest BCUT2D eigenvalue weighted by Gasteiger charge is 2.28. The largest absolute Gasteiger partial charge is 0.369 e. The first kappa shape index (κ1) is 9.03. The molecule has 2 fully saturated rings. The second-order valence-corrected chi connectivity index (χ2v) is 5.54. The third-order valence-corrected chi connectivity index (χ3v) is 3.77. The third-order valence-electron chi connectivity index (χ3n) is 3.14. The van der Waals surface area contributed by atoms with Gasteiger partial charge in [-0.1, -0.05) is 19.3 Å². The minimum absolute atomic E-state index is 0.609. The molecule has 0 N–H and O–H groups in total. The first-order chi connectivity index (χ1) is 5.86. The standard InChI is InChI=1S/C9H16NO.Al.2H/c1-2-4-8-6-10-7-11-9(8)5-3-1;;;/h8-9H,1-7H2;;;/q-1;+1;;. The van der Waals surface area contributed by atoms with Crippen molar-refractivity contribution in [1.82, 2.24) is 3.88 Å². The molecule has 1 aliphatic heterocycles. The van der Waals surface area contributed by atoms with Crippen LogP contribution in [0.1, 0.15) is 32.1 Å². The normalized spacial score (nSPS) is 38.7. The number of nitrogens with zero attached hydrogens (tertiary/aromatic N) is 1. The molecule has 1 aliphatic carbocycles. The molecule has 3 heteroatoms. The maximum atomic E-state index is 5.83. The van der Waals surface area contributed by atoms with Crippen molar-refractivity contribution < 1.29 is 4.74 Å². The van der Waals surface area contributed by atoms with E-state index in [1.54, 1.807) is 0 Å². The number of fused-ring (bicyclic) bond motifs is 1. The van der Waals surface area contributed by atoms with Crippen molar-refractivity contribution in [1.29, 1.82) is 0 Å². The summed E-state index contributed by atoms with van der Waals surface area (Å²) in [5.74, 6) is 0.860. The molecular formula is C9H18AlNO. The van der Waals surface area contributed by atoms with E-state index in [0.29, 0.717) is 6.10 Å². The van der Waals surface area contributed by atoms with E-state index in [0.717, 1.165) is 12.6 Å². The van der Waals surface area contributed by atoms with Crippen LogP contribution in [0.25, 0.3) is 0 Å². The molecule has 1 heterocycles. The molecule has 68 valence electrons. The van der Waals surface area contributed by atoms with E-state index in [-0.39, 0.29) is 0 Å². The fourth-order valence-electron chi connectivity index (χ4n) is 2.45. The van der Waals surface area contributed by atoms with Gasteiger partial charge in [0.1, 0.15) is 0 Å². The predicted molar refractivity (Wildman–Crippen MR) is 51.6 cm³/mol. The SMILES string of the molecule is [AlH2][N]1COC2CCCCCC2C1. The molecule has 2 nitrogen and oxygen atoms in total. The second kappa shape index (κ2) is 4.11. The van der Waals surface area contributed by atoms with Gasteiger partial charge in [-0.05, 0) is 25.3 Å². The Labute approximate surface area is 82.9 Å². The molecule has 0 radical (unpaired) electrons. The van der Waals surface area contributed by atoms with Crippen LogP contribution >= 0.6 is 0 Å². The van der Waals surface area contributed by atoms with Crippen molar-refractivity contribution in [3.8, 4) is 0 Å². The van der Waals surface area contributed by atoms with Crippen molar-refractivity contribution in [2.75, 3.05) is 13.3 Å². The molecule has 1 saturated heterocycles. The molecule has 0 aromatic carbocycles. The fraction of sp³-hybridized carbons (Fsp3) is 1.00. The maximum absolute atomic E-state index is 5.83. The molecule has 0 spiro atoms. The van der Waals surface area contributed by atoms with E-state index in [4.69, 9.17) is 4.74 Å². The lowest BCUT2D eigenvalue weighted by Crippen LogP contribution is -2.43. The van der Waals surface area contributed by atoms with E-state index in [9.17, 15) is 0 Å². The van der Waals surface area contributed by atoms with E-state index in [2.05, 4.69) is 3.88 Å². The number of rotatable bonds is 0. The Hall–Kier alpha value is 0.452. The Morgan fingerprint density at radius 1 is 1.17 bits per heavy atom. The van der Waals surface area contributed by atoms with Gasteiger partial charge in [0.25, 0.3) is 0 Å². The Morgan fingerprint density at radius 2 is 2.00 bits per heavy atom. The van der Waals surface area contributed by atoms with Crippen molar-refractivity contribution in [3.05, 3.63) is 0 Å². The van der Waals surface area contributed by atoms with Gasteiger partial charge in [-0.25, -0.2) is 0 Å². The molecule has 12 heavy (non-hydrogen) atoms. The van der Waals surface area contributed by atoms with Crippen molar-refractivity contribution in [2.24, 2.45) is 5.92 Å². The van der Waals surface area contributed by atoms with Crippen molar-refractivity contribution >= 4 is 16.5 Å². The topological polar surface area (TPSA) is 12.5 Å². The molecular weight excluding hydrogens is 165 g/mol. The van der Waals surface area contributed by atoms with Crippen LogP contribution in [0, 0.1) is 5.92 Å². The Kier molecular flexibility index (Phi) is 3.09. The van der Waals surface area contributed by atoms with Crippen LogP contribution in [0.5, 0.6) is 0 Å². The first-order valence-electron chi connectivity index (χ1n) is 5.16. The molecule has 2 rings (SSSR count). The summed E-state index contributed by atoms with van der Waals surface area (Å²) in [6, 6.07) is 0. The average molecular weight is 183 g/mol. The average Bonchev–Trinajstić information content (AvgIpc) is 2.28. The lowest BCUT2D eigenvalue weighted by molar-refractivity contribution is -0.0738. The molecule has 2 aliphatic rings. The molecule has 0 aromatic rings. The van der Waals surface area contributed by atoms with Crippen LogP contribution in [-0.2, 0) is 4.74 Å². The predicted octanol–water partition coefficient (Wildman–Crippen LogP) is 0.773. The van der Waals surface area contributed by atoms with E-state index >= 15 is 0 Å². The van der Waals surface area contributed by atoms with Crippen molar-refractivity contribution in [3.63, 3.8) is 0 Å². The Balaban J connectivity index is 1.94. The van der Waals surface area contributed by atoms with Gasteiger partial charge in [0.05, 0.1) is 12.8 Å². The van der Waals surface area contributed by atoms with Gasteiger partial charge in [0, 0.05) is 0 Å². The van der Waals surface area contributed by atoms with Crippen LogP contribution in [-0.4, -0.2) is 39.8 Å². The number of hydrogen-bond donors (Lipinski definition) is 0. The lowest BCUT2D eigenvalue weighted by atomic mass is 9.96. The fourth-order valence-corrected chi connectivity index (χ4v) is 3.07.